The molecule has 0 bridgehead atoms. The maximum absolute atomic E-state index is 5.24. The molecule has 11 rings (SSSR count). The fraction of sp³-hybridized carbons (Fsp3) is 0.0625. The average molecular weight is 665 g/mol. The Bertz CT molecular complexity index is 3010. The van der Waals surface area contributed by atoms with Gasteiger partial charge in [0.25, 0.3) is 0 Å². The standard InChI is InChI=1S/C48H32N4/c1-48(2)39-20-10-9-17-33(39)38-27-36-34-18-11-21-41-43(34)44-35(37(36)28-40(38)48)19-12-22-42(44)52(41)47-50-45(31-15-7-4-8-16-31)49-46(51-47)32-25-23-30(24-26-32)29-13-5-3-6-14-29/h3-28H,1-2H3. The molecule has 0 aliphatic heterocycles. The smallest absolute Gasteiger partial charge is 0.238 e. The number of rotatable bonds is 4. The van der Waals surface area contributed by atoms with Crippen molar-refractivity contribution in [1.82, 2.24) is 19.5 Å². The zero-order valence-electron chi connectivity index (χ0n) is 28.8. The Kier molecular flexibility index (Phi) is 5.98. The van der Waals surface area contributed by atoms with E-state index in [1.54, 1.807) is 0 Å². The van der Waals surface area contributed by atoms with Crippen LogP contribution in [-0.4, -0.2) is 19.5 Å². The lowest BCUT2D eigenvalue weighted by molar-refractivity contribution is 0.661. The van der Waals surface area contributed by atoms with Gasteiger partial charge in [-0.2, -0.15) is 9.97 Å². The molecule has 0 radical (unpaired) electrons. The van der Waals surface area contributed by atoms with Gasteiger partial charge in [-0.25, -0.2) is 4.98 Å². The molecule has 2 heterocycles. The van der Waals surface area contributed by atoms with Crippen LogP contribution in [-0.2, 0) is 5.41 Å². The molecule has 4 nitrogen and oxygen atoms in total. The number of aromatic nitrogens is 4. The van der Waals surface area contributed by atoms with E-state index in [4.69, 9.17) is 15.0 Å². The van der Waals surface area contributed by atoms with Crippen LogP contribution in [0.5, 0.6) is 0 Å². The van der Waals surface area contributed by atoms with Crippen molar-refractivity contribution in [2.75, 3.05) is 0 Å². The van der Waals surface area contributed by atoms with Crippen molar-refractivity contribution in [2.45, 2.75) is 19.3 Å². The predicted molar refractivity (Wildman–Crippen MR) is 214 cm³/mol. The Morgan fingerprint density at radius 3 is 1.58 bits per heavy atom. The monoisotopic (exact) mass is 664 g/mol. The second-order valence-corrected chi connectivity index (χ2v) is 14.4. The molecule has 0 spiro atoms. The van der Waals surface area contributed by atoms with Gasteiger partial charge in [-0.3, -0.25) is 4.57 Å². The second kappa shape index (κ2) is 10.7. The first-order chi connectivity index (χ1) is 25.5. The Morgan fingerprint density at radius 1 is 0.404 bits per heavy atom. The van der Waals surface area contributed by atoms with E-state index in [9.17, 15) is 0 Å². The third-order valence-corrected chi connectivity index (χ3v) is 11.2. The van der Waals surface area contributed by atoms with Gasteiger partial charge in [0.15, 0.2) is 11.6 Å². The Morgan fingerprint density at radius 2 is 0.923 bits per heavy atom. The van der Waals surface area contributed by atoms with Gasteiger partial charge in [0.2, 0.25) is 5.95 Å². The first-order valence-corrected chi connectivity index (χ1v) is 17.9. The summed E-state index contributed by atoms with van der Waals surface area (Å²) >= 11 is 0. The topological polar surface area (TPSA) is 43.6 Å². The van der Waals surface area contributed by atoms with Gasteiger partial charge in [-0.05, 0) is 79.2 Å². The number of nitrogens with zero attached hydrogens (tertiary/aromatic N) is 4. The normalized spacial score (nSPS) is 13.3. The summed E-state index contributed by atoms with van der Waals surface area (Å²) in [6.07, 6.45) is 0. The zero-order chi connectivity index (χ0) is 34.6. The van der Waals surface area contributed by atoms with Gasteiger partial charge in [0.05, 0.1) is 11.0 Å². The lowest BCUT2D eigenvalue weighted by atomic mass is 9.81. The summed E-state index contributed by atoms with van der Waals surface area (Å²) in [4.78, 5) is 15.5. The van der Waals surface area contributed by atoms with E-state index in [0.29, 0.717) is 17.6 Å². The third kappa shape index (κ3) is 4.06. The summed E-state index contributed by atoms with van der Waals surface area (Å²) in [5, 5.41) is 7.52. The molecule has 4 heteroatoms. The quantitative estimate of drug-likeness (QED) is 0.176. The van der Waals surface area contributed by atoms with Crippen molar-refractivity contribution in [3.05, 3.63) is 169 Å². The highest BCUT2D eigenvalue weighted by molar-refractivity contribution is 6.34. The van der Waals surface area contributed by atoms with Crippen LogP contribution < -0.4 is 0 Å². The van der Waals surface area contributed by atoms with Crippen LogP contribution in [0.15, 0.2) is 158 Å². The van der Waals surface area contributed by atoms with E-state index < -0.39 is 0 Å². The van der Waals surface area contributed by atoms with Gasteiger partial charge in [0, 0.05) is 27.3 Å². The molecule has 10 aromatic rings. The van der Waals surface area contributed by atoms with Crippen LogP contribution in [0.2, 0.25) is 0 Å². The molecule has 0 amide bonds. The Hall–Kier alpha value is -6.65. The molecule has 0 atom stereocenters. The van der Waals surface area contributed by atoms with E-state index in [2.05, 4.69) is 152 Å². The lowest BCUT2D eigenvalue weighted by Gasteiger charge is -2.22. The van der Waals surface area contributed by atoms with Crippen LogP contribution >= 0.6 is 0 Å². The van der Waals surface area contributed by atoms with E-state index in [-0.39, 0.29) is 5.41 Å². The molecule has 1 aliphatic carbocycles. The van der Waals surface area contributed by atoms with Crippen molar-refractivity contribution in [3.8, 4) is 51.0 Å². The highest BCUT2D eigenvalue weighted by Crippen LogP contribution is 2.52. The summed E-state index contributed by atoms with van der Waals surface area (Å²) < 4.78 is 2.24. The molecule has 2 aromatic heterocycles. The SMILES string of the molecule is CC1(C)c2ccccc2-c2cc3c(cc21)c1cccc2c1c1c3cccc1n2-c1nc(-c2ccccc2)nc(-c2ccc(-c3ccccc3)cc2)n1. The first kappa shape index (κ1) is 29.1. The van der Waals surface area contributed by atoms with Crippen molar-refractivity contribution in [3.63, 3.8) is 0 Å². The third-order valence-electron chi connectivity index (χ3n) is 11.2. The largest absolute Gasteiger partial charge is 0.278 e. The minimum Gasteiger partial charge on any atom is -0.278 e. The molecule has 0 fully saturated rings. The molecule has 8 aromatic carbocycles. The van der Waals surface area contributed by atoms with E-state index in [1.165, 1.54) is 60.1 Å². The minimum absolute atomic E-state index is 0.0819. The fourth-order valence-corrected chi connectivity index (χ4v) is 8.72. The van der Waals surface area contributed by atoms with Crippen LogP contribution in [0.4, 0.5) is 0 Å². The minimum atomic E-state index is -0.0819. The summed E-state index contributed by atoms with van der Waals surface area (Å²) in [6, 6.07) is 56.3. The number of benzene rings is 8. The Balaban J connectivity index is 1.18. The molecule has 244 valence electrons. The summed E-state index contributed by atoms with van der Waals surface area (Å²) in [7, 11) is 0. The van der Waals surface area contributed by atoms with Crippen molar-refractivity contribution < 1.29 is 0 Å². The highest BCUT2D eigenvalue weighted by atomic mass is 15.2. The molecular weight excluding hydrogens is 633 g/mol. The summed E-state index contributed by atoms with van der Waals surface area (Å²) in [5.74, 6) is 1.89. The predicted octanol–water partition coefficient (Wildman–Crippen LogP) is 12.0. The van der Waals surface area contributed by atoms with E-state index in [0.717, 1.165) is 27.7 Å². The van der Waals surface area contributed by atoms with Crippen LogP contribution in [0.3, 0.4) is 0 Å². The van der Waals surface area contributed by atoms with Crippen LogP contribution in [0.25, 0.3) is 94.3 Å². The van der Waals surface area contributed by atoms with Crippen molar-refractivity contribution in [1.29, 1.82) is 0 Å². The fourth-order valence-electron chi connectivity index (χ4n) is 8.72. The highest BCUT2D eigenvalue weighted by Gasteiger charge is 2.36. The summed E-state index contributed by atoms with van der Waals surface area (Å²) in [5.41, 5.74) is 11.8. The molecule has 0 saturated heterocycles. The molecule has 0 N–H and O–H groups in total. The van der Waals surface area contributed by atoms with Gasteiger partial charge in [-0.15, -0.1) is 0 Å². The van der Waals surface area contributed by atoms with E-state index >= 15 is 0 Å². The van der Waals surface area contributed by atoms with Gasteiger partial charge in [-0.1, -0.05) is 147 Å². The number of fused-ring (bicyclic) bond motifs is 6. The van der Waals surface area contributed by atoms with Gasteiger partial charge < -0.3 is 0 Å². The van der Waals surface area contributed by atoms with Crippen molar-refractivity contribution in [2.24, 2.45) is 0 Å². The Labute approximate surface area is 301 Å². The first-order valence-electron chi connectivity index (χ1n) is 17.9. The molecule has 1 aliphatic rings. The maximum Gasteiger partial charge on any atom is 0.238 e. The number of hydrogen-bond donors (Lipinski definition) is 0. The molecule has 0 unspecified atom stereocenters. The van der Waals surface area contributed by atoms with Crippen LogP contribution in [0, 0.1) is 0 Å². The zero-order valence-corrected chi connectivity index (χ0v) is 28.8. The molecule has 0 saturated carbocycles. The average Bonchev–Trinajstić information content (AvgIpc) is 3.66. The van der Waals surface area contributed by atoms with Gasteiger partial charge >= 0.3 is 0 Å². The lowest BCUT2D eigenvalue weighted by Crippen LogP contribution is -2.14. The van der Waals surface area contributed by atoms with Crippen LogP contribution in [0.1, 0.15) is 25.0 Å². The van der Waals surface area contributed by atoms with Crippen molar-refractivity contribution >= 4 is 43.4 Å². The number of hydrogen-bond acceptors (Lipinski definition) is 3. The molecule has 52 heavy (non-hydrogen) atoms. The maximum atomic E-state index is 5.24. The second-order valence-electron chi connectivity index (χ2n) is 14.4. The molecular formula is C48H32N4. The van der Waals surface area contributed by atoms with E-state index in [1.807, 2.05) is 24.3 Å². The summed E-state index contributed by atoms with van der Waals surface area (Å²) in [6.45, 7) is 4.71. The van der Waals surface area contributed by atoms with Gasteiger partial charge in [0.1, 0.15) is 0 Å².